The Kier molecular flexibility index (Phi) is 9.58. The van der Waals surface area contributed by atoms with Gasteiger partial charge >= 0.3 is 6.71 Å². The molecule has 0 aromatic heterocycles. The molecule has 6 heteroatoms. The third-order valence-corrected chi connectivity index (χ3v) is 7.11. The minimum absolute atomic E-state index is 0.0184. The Hall–Kier alpha value is -2.29. The molecule has 1 aliphatic carbocycles. The highest BCUT2D eigenvalue weighted by atomic mass is 35.5. The van der Waals surface area contributed by atoms with Gasteiger partial charge in [0.15, 0.2) is 0 Å². The van der Waals surface area contributed by atoms with Crippen molar-refractivity contribution in [3.63, 3.8) is 0 Å². The molecule has 1 saturated carbocycles. The maximum Gasteiger partial charge on any atom is 0.347 e. The molecule has 2 aromatic rings. The highest BCUT2D eigenvalue weighted by Crippen LogP contribution is 2.56. The van der Waals surface area contributed by atoms with Gasteiger partial charge in [-0.2, -0.15) is 0 Å². The fraction of sp³-hybridized carbons (Fsp3) is 0.481. The Morgan fingerprint density at radius 3 is 2.36 bits per heavy atom. The summed E-state index contributed by atoms with van der Waals surface area (Å²) in [6, 6.07) is 14.1. The highest BCUT2D eigenvalue weighted by molar-refractivity contribution is 6.98. The van der Waals surface area contributed by atoms with Crippen LogP contribution in [0, 0.1) is 24.1 Å². The van der Waals surface area contributed by atoms with Crippen molar-refractivity contribution >= 4 is 24.0 Å². The Morgan fingerprint density at radius 2 is 1.79 bits per heavy atom. The quantitative estimate of drug-likeness (QED) is 0.534. The molecule has 2 aliphatic rings. The largest absolute Gasteiger partial charge is 0.496 e. The average molecular weight is 467 g/mol. The van der Waals surface area contributed by atoms with Crippen LogP contribution in [0.2, 0.25) is 11.3 Å². The van der Waals surface area contributed by atoms with E-state index in [9.17, 15) is 10.1 Å². The molecule has 176 valence electrons. The summed E-state index contributed by atoms with van der Waals surface area (Å²) in [6.07, 6.45) is 1.86. The first-order valence-corrected chi connectivity index (χ1v) is 12.4. The fourth-order valence-electron chi connectivity index (χ4n) is 5.44. The van der Waals surface area contributed by atoms with E-state index in [4.69, 9.17) is 22.1 Å². The summed E-state index contributed by atoms with van der Waals surface area (Å²) in [6.45, 7) is 9.42. The van der Waals surface area contributed by atoms with Gasteiger partial charge < -0.3 is 15.3 Å². The van der Waals surface area contributed by atoms with E-state index in [1.54, 1.807) is 7.11 Å². The lowest BCUT2D eigenvalue weighted by Crippen LogP contribution is -2.56. The first-order chi connectivity index (χ1) is 15.9. The Balaban J connectivity index is 0.000000914. The number of nitrogens with two attached hydrogens (primary N) is 1. The van der Waals surface area contributed by atoms with Gasteiger partial charge in [-0.05, 0) is 78.7 Å². The van der Waals surface area contributed by atoms with E-state index in [-0.39, 0.29) is 23.4 Å². The molecule has 0 amide bonds. The molecule has 4 nitrogen and oxygen atoms in total. The zero-order chi connectivity index (χ0) is 24.8. The lowest BCUT2D eigenvalue weighted by atomic mass is 9.48. The van der Waals surface area contributed by atoms with E-state index in [1.807, 2.05) is 58.9 Å². The Morgan fingerprint density at radius 1 is 1.15 bits per heavy atom. The van der Waals surface area contributed by atoms with E-state index >= 15 is 0 Å². The first kappa shape index (κ1) is 27.0. The molecule has 1 saturated heterocycles. The molecule has 1 heterocycles. The predicted molar refractivity (Wildman–Crippen MR) is 138 cm³/mol. The number of rotatable bonds is 3. The lowest BCUT2D eigenvalue weighted by molar-refractivity contribution is -0.118. The van der Waals surface area contributed by atoms with Crippen LogP contribution in [0.3, 0.4) is 0 Å². The van der Waals surface area contributed by atoms with Crippen molar-refractivity contribution in [1.82, 2.24) is 0 Å². The number of carbonyl (C=O) groups excluding carboxylic acids is 1. The van der Waals surface area contributed by atoms with Crippen LogP contribution in [0.5, 0.6) is 5.75 Å². The summed E-state index contributed by atoms with van der Waals surface area (Å²) in [5.74, 6) is 3.12. The van der Waals surface area contributed by atoms with Crippen LogP contribution in [0.25, 0.3) is 0 Å². The van der Waals surface area contributed by atoms with Crippen molar-refractivity contribution in [3.8, 4) is 11.7 Å². The Bertz CT molecular complexity index is 989. The average Bonchev–Trinajstić information content (AvgIpc) is 3.11. The van der Waals surface area contributed by atoms with Crippen LogP contribution < -0.4 is 10.5 Å². The van der Waals surface area contributed by atoms with Crippen molar-refractivity contribution in [2.45, 2.75) is 71.2 Å². The molecule has 4 rings (SSSR count). The molecule has 4 atom stereocenters. The van der Waals surface area contributed by atoms with E-state index in [2.05, 4.69) is 24.2 Å². The van der Waals surface area contributed by atoms with Gasteiger partial charge in [-0.25, -0.2) is 5.26 Å². The van der Waals surface area contributed by atoms with Gasteiger partial charge in [0.25, 0.3) is 0 Å². The number of fused-ring (bicyclic) bond motifs is 1. The summed E-state index contributed by atoms with van der Waals surface area (Å²) in [5, 5.41) is 10.2. The minimum Gasteiger partial charge on any atom is -0.496 e. The molecule has 1 aliphatic heterocycles. The highest BCUT2D eigenvalue weighted by Gasteiger charge is 2.60. The fourth-order valence-corrected chi connectivity index (χ4v) is 5.57. The lowest BCUT2D eigenvalue weighted by Gasteiger charge is -2.46. The second-order valence-electron chi connectivity index (χ2n) is 8.40. The van der Waals surface area contributed by atoms with Crippen LogP contribution in [0.15, 0.2) is 42.5 Å². The number of aryl methyl sites for hydroxylation is 1. The number of hydrogen-bond donors (Lipinski definition) is 1. The molecule has 2 N–H and O–H groups in total. The van der Waals surface area contributed by atoms with Gasteiger partial charge in [0, 0.05) is 11.0 Å². The number of nitrogens with zero attached hydrogens (tertiary/aromatic N) is 1. The summed E-state index contributed by atoms with van der Waals surface area (Å²) in [7, 11) is 1.69. The maximum atomic E-state index is 12.9. The predicted octanol–water partition coefficient (Wildman–Crippen LogP) is 6.36. The van der Waals surface area contributed by atoms with Gasteiger partial charge in [-0.15, -0.1) is 0 Å². The second-order valence-corrected chi connectivity index (χ2v) is 8.83. The van der Waals surface area contributed by atoms with E-state index < -0.39 is 12.3 Å². The van der Waals surface area contributed by atoms with Crippen LogP contribution >= 0.6 is 11.6 Å². The van der Waals surface area contributed by atoms with Gasteiger partial charge in [-0.1, -0.05) is 63.6 Å². The number of carbonyl (C=O) groups is 1. The number of ether oxygens (including phenoxy) is 1. The molecule has 2 fully saturated rings. The summed E-state index contributed by atoms with van der Waals surface area (Å²) in [4.78, 5) is 12.9. The number of methoxy groups -OCH3 is 1. The molecular weight excluding hydrogens is 431 g/mol. The minimum atomic E-state index is -0.945. The second kappa shape index (κ2) is 11.7. The number of hydrogen-bond acceptors (Lipinski definition) is 4. The van der Waals surface area contributed by atoms with Crippen molar-refractivity contribution in [2.24, 2.45) is 11.7 Å². The summed E-state index contributed by atoms with van der Waals surface area (Å²) >= 11 is 6.13. The smallest absolute Gasteiger partial charge is 0.347 e. The topological polar surface area (TPSA) is 76.1 Å². The standard InChI is InChI=1S/C23H24BClN2O2.2C2H6/c1-14-3-8-17(20(11-14)29-2)18-9-10-23(27)19(12-24(13-26)22(23)28)21(18)15-4-6-16(25)7-5-15;2*1-2/h3-8,11,18-19,21H,9-10,12,27H2,1-2H3;2*1-2H3. The van der Waals surface area contributed by atoms with Crippen molar-refractivity contribution in [1.29, 1.82) is 5.26 Å². The maximum absolute atomic E-state index is 12.9. The van der Waals surface area contributed by atoms with Gasteiger partial charge in [0.05, 0.1) is 12.6 Å². The zero-order valence-corrected chi connectivity index (χ0v) is 21.4. The monoisotopic (exact) mass is 466 g/mol. The van der Waals surface area contributed by atoms with Gasteiger partial charge in [0.2, 0.25) is 0 Å². The van der Waals surface area contributed by atoms with Crippen molar-refractivity contribution < 1.29 is 9.53 Å². The Labute approximate surface area is 204 Å². The van der Waals surface area contributed by atoms with Crippen LogP contribution in [-0.4, -0.2) is 25.0 Å². The van der Waals surface area contributed by atoms with E-state index in [0.29, 0.717) is 17.8 Å². The molecule has 4 unspecified atom stereocenters. The molecular formula is C27H36BClN2O2. The van der Waals surface area contributed by atoms with Crippen LogP contribution in [0.1, 0.15) is 69.1 Å². The van der Waals surface area contributed by atoms with Crippen molar-refractivity contribution in [3.05, 3.63) is 64.2 Å². The summed E-state index contributed by atoms with van der Waals surface area (Å²) in [5.41, 5.74) is 9.04. The van der Waals surface area contributed by atoms with Crippen molar-refractivity contribution in [2.75, 3.05) is 7.11 Å². The molecule has 0 bridgehead atoms. The number of halogens is 1. The third kappa shape index (κ3) is 5.13. The van der Waals surface area contributed by atoms with E-state index in [0.717, 1.165) is 28.9 Å². The normalized spacial score (nSPS) is 25.6. The SMILES string of the molecule is CC.CC.COc1cc(C)ccc1C1CCC2(N)C(=O)B(C#N)CC2C1c1ccc(Cl)cc1. The number of nitriles is 1. The first-order valence-electron chi connectivity index (χ1n) is 12.0. The van der Waals surface area contributed by atoms with Gasteiger partial charge in [0.1, 0.15) is 11.4 Å². The molecule has 33 heavy (non-hydrogen) atoms. The third-order valence-electron chi connectivity index (χ3n) is 6.86. The van der Waals surface area contributed by atoms with Crippen LogP contribution in [0.4, 0.5) is 0 Å². The zero-order valence-electron chi connectivity index (χ0n) is 20.7. The van der Waals surface area contributed by atoms with Gasteiger partial charge in [-0.3, -0.25) is 0 Å². The van der Waals surface area contributed by atoms with Crippen LogP contribution in [-0.2, 0) is 4.79 Å². The van der Waals surface area contributed by atoms with E-state index in [1.165, 1.54) is 0 Å². The molecule has 0 radical (unpaired) electrons. The molecule has 0 spiro atoms. The molecule has 2 aromatic carbocycles. The summed E-state index contributed by atoms with van der Waals surface area (Å²) < 4.78 is 5.71. The number of benzene rings is 2.